The van der Waals surface area contributed by atoms with Gasteiger partial charge in [0.2, 0.25) is 5.95 Å². The summed E-state index contributed by atoms with van der Waals surface area (Å²) in [5.41, 5.74) is 1.43. The van der Waals surface area contributed by atoms with E-state index in [1.165, 1.54) is 0 Å². The molecule has 0 amide bonds. The molecule has 1 aliphatic rings. The normalized spacial score (nSPS) is 18.1. The molecule has 0 bridgehead atoms. The summed E-state index contributed by atoms with van der Waals surface area (Å²) in [7, 11) is 0. The van der Waals surface area contributed by atoms with Crippen LogP contribution < -0.4 is 5.32 Å². The molecular weight excluding hydrogens is 228 g/mol. The van der Waals surface area contributed by atoms with E-state index in [1.54, 1.807) is 6.07 Å². The third-order valence-corrected chi connectivity index (χ3v) is 3.34. The van der Waals surface area contributed by atoms with Crippen LogP contribution in [0.15, 0.2) is 6.07 Å². The van der Waals surface area contributed by atoms with Crippen LogP contribution in [0.25, 0.3) is 0 Å². The monoisotopic (exact) mass is 246 g/mol. The van der Waals surface area contributed by atoms with Crippen molar-refractivity contribution in [1.82, 2.24) is 9.97 Å². The lowest BCUT2D eigenvalue weighted by Crippen LogP contribution is -2.33. The summed E-state index contributed by atoms with van der Waals surface area (Å²) in [5.74, 6) is 0.541. The van der Waals surface area contributed by atoms with E-state index in [9.17, 15) is 0 Å². The Morgan fingerprint density at radius 1 is 1.44 bits per heavy atom. The largest absolute Gasteiger partial charge is 0.381 e. The molecule has 0 aliphatic carbocycles. The number of nitrogens with one attached hydrogen (secondary N) is 1. The molecule has 1 N–H and O–H groups in total. The molecule has 0 radical (unpaired) electrons. The van der Waals surface area contributed by atoms with E-state index in [0.717, 1.165) is 38.3 Å². The maximum absolute atomic E-state index is 8.87. The summed E-state index contributed by atoms with van der Waals surface area (Å²) in [6.45, 7) is 6.55. The highest BCUT2D eigenvalue weighted by atomic mass is 16.5. The molecule has 1 aliphatic heterocycles. The molecule has 1 saturated heterocycles. The smallest absolute Gasteiger partial charge is 0.224 e. The predicted molar refractivity (Wildman–Crippen MR) is 68.1 cm³/mol. The Hall–Kier alpha value is -1.67. The molecule has 5 nitrogen and oxygen atoms in total. The third-order valence-electron chi connectivity index (χ3n) is 3.34. The lowest BCUT2D eigenvalue weighted by molar-refractivity contribution is 0.0299. The Balaban J connectivity index is 2.01. The summed E-state index contributed by atoms with van der Waals surface area (Å²) < 4.78 is 5.37. The van der Waals surface area contributed by atoms with Crippen LogP contribution in [0.2, 0.25) is 0 Å². The van der Waals surface area contributed by atoms with E-state index in [4.69, 9.17) is 10.00 Å². The summed E-state index contributed by atoms with van der Waals surface area (Å²) in [6, 6.07) is 3.73. The van der Waals surface area contributed by atoms with Gasteiger partial charge in [-0.15, -0.1) is 0 Å². The average Bonchev–Trinajstić information content (AvgIpc) is 2.37. The van der Waals surface area contributed by atoms with E-state index in [1.807, 2.05) is 13.0 Å². The van der Waals surface area contributed by atoms with Gasteiger partial charge in [-0.25, -0.2) is 9.97 Å². The molecule has 1 fully saturated rings. The number of hydrogen-bond donors (Lipinski definition) is 1. The Labute approximate surface area is 107 Å². The summed E-state index contributed by atoms with van der Waals surface area (Å²) in [4.78, 5) is 8.45. The van der Waals surface area contributed by atoms with Gasteiger partial charge in [-0.3, -0.25) is 0 Å². The highest BCUT2D eigenvalue weighted by Gasteiger charge is 2.27. The summed E-state index contributed by atoms with van der Waals surface area (Å²) in [6.07, 6.45) is 2.08. The van der Waals surface area contributed by atoms with Crippen LogP contribution in [0.1, 0.15) is 31.2 Å². The van der Waals surface area contributed by atoms with Gasteiger partial charge in [0, 0.05) is 25.5 Å². The summed E-state index contributed by atoms with van der Waals surface area (Å²) in [5, 5.41) is 12.1. The van der Waals surface area contributed by atoms with Gasteiger partial charge in [0.15, 0.2) is 0 Å². The molecule has 0 aromatic carbocycles. The minimum atomic E-state index is 0.220. The first-order chi connectivity index (χ1) is 8.61. The zero-order valence-corrected chi connectivity index (χ0v) is 10.9. The van der Waals surface area contributed by atoms with Crippen molar-refractivity contribution < 1.29 is 4.74 Å². The van der Waals surface area contributed by atoms with Gasteiger partial charge >= 0.3 is 0 Å². The number of rotatable bonds is 3. The van der Waals surface area contributed by atoms with Gasteiger partial charge in [-0.2, -0.15) is 5.26 Å². The van der Waals surface area contributed by atoms with E-state index >= 15 is 0 Å². The molecule has 1 aromatic rings. The minimum Gasteiger partial charge on any atom is -0.381 e. The van der Waals surface area contributed by atoms with Crippen molar-refractivity contribution in [2.24, 2.45) is 5.41 Å². The molecule has 0 atom stereocenters. The zero-order chi connectivity index (χ0) is 13.0. The molecule has 0 saturated carbocycles. The number of aromatic nitrogens is 2. The van der Waals surface area contributed by atoms with Gasteiger partial charge < -0.3 is 10.1 Å². The fourth-order valence-corrected chi connectivity index (χ4v) is 2.04. The molecule has 2 rings (SSSR count). The van der Waals surface area contributed by atoms with Gasteiger partial charge in [0.05, 0.1) is 0 Å². The van der Waals surface area contributed by atoms with E-state index in [-0.39, 0.29) is 5.41 Å². The van der Waals surface area contributed by atoms with E-state index < -0.39 is 0 Å². The van der Waals surface area contributed by atoms with E-state index in [0.29, 0.717) is 11.6 Å². The predicted octanol–water partition coefficient (Wildman–Crippen LogP) is 1.89. The number of anilines is 1. The molecule has 18 heavy (non-hydrogen) atoms. The maximum Gasteiger partial charge on any atom is 0.224 e. The first-order valence-electron chi connectivity index (χ1n) is 6.19. The minimum absolute atomic E-state index is 0.220. The van der Waals surface area contributed by atoms with Crippen molar-refractivity contribution >= 4 is 5.95 Å². The highest BCUT2D eigenvalue weighted by molar-refractivity contribution is 5.33. The van der Waals surface area contributed by atoms with Gasteiger partial charge in [-0.1, -0.05) is 6.92 Å². The molecular formula is C13H18N4O. The Morgan fingerprint density at radius 2 is 2.17 bits per heavy atom. The van der Waals surface area contributed by atoms with Crippen LogP contribution >= 0.6 is 0 Å². The molecule has 2 heterocycles. The van der Waals surface area contributed by atoms with Gasteiger partial charge in [0.1, 0.15) is 11.8 Å². The fraction of sp³-hybridized carbons (Fsp3) is 0.615. The first kappa shape index (κ1) is 12.8. The standard InChI is InChI=1S/C13H18N4O/c1-10-7-11(8-14)17-12(16-10)15-9-13(2)3-5-18-6-4-13/h7H,3-6,9H2,1-2H3,(H,15,16,17). The van der Waals surface area contributed by atoms with Crippen LogP contribution in [0, 0.1) is 23.7 Å². The average molecular weight is 246 g/mol. The number of hydrogen-bond acceptors (Lipinski definition) is 5. The third kappa shape index (κ3) is 3.17. The molecule has 5 heteroatoms. The molecule has 1 aromatic heterocycles. The van der Waals surface area contributed by atoms with Crippen LogP contribution in [-0.4, -0.2) is 29.7 Å². The summed E-state index contributed by atoms with van der Waals surface area (Å²) >= 11 is 0. The molecule has 96 valence electrons. The van der Waals surface area contributed by atoms with Crippen molar-refractivity contribution in [3.63, 3.8) is 0 Å². The Bertz CT molecular complexity index is 461. The quantitative estimate of drug-likeness (QED) is 0.881. The van der Waals surface area contributed by atoms with Crippen molar-refractivity contribution in [2.75, 3.05) is 25.1 Å². The van der Waals surface area contributed by atoms with Crippen molar-refractivity contribution in [3.05, 3.63) is 17.5 Å². The van der Waals surface area contributed by atoms with Crippen molar-refractivity contribution in [1.29, 1.82) is 5.26 Å². The van der Waals surface area contributed by atoms with E-state index in [2.05, 4.69) is 22.2 Å². The second kappa shape index (κ2) is 5.32. The lowest BCUT2D eigenvalue weighted by Gasteiger charge is -2.33. The van der Waals surface area contributed by atoms with Crippen LogP contribution in [0.3, 0.4) is 0 Å². The van der Waals surface area contributed by atoms with Crippen LogP contribution in [0.4, 0.5) is 5.95 Å². The zero-order valence-electron chi connectivity index (χ0n) is 10.9. The SMILES string of the molecule is Cc1cc(C#N)nc(NCC2(C)CCOCC2)n1. The topological polar surface area (TPSA) is 70.8 Å². The molecule has 0 spiro atoms. The number of aryl methyl sites for hydroxylation is 1. The number of nitrogens with zero attached hydrogens (tertiary/aromatic N) is 3. The van der Waals surface area contributed by atoms with Crippen molar-refractivity contribution in [3.8, 4) is 6.07 Å². The second-order valence-corrected chi connectivity index (χ2v) is 5.11. The maximum atomic E-state index is 8.87. The Morgan fingerprint density at radius 3 is 2.83 bits per heavy atom. The fourth-order valence-electron chi connectivity index (χ4n) is 2.04. The van der Waals surface area contributed by atoms with Gasteiger partial charge in [0.25, 0.3) is 0 Å². The lowest BCUT2D eigenvalue weighted by atomic mass is 9.82. The second-order valence-electron chi connectivity index (χ2n) is 5.11. The number of ether oxygens (including phenoxy) is 1. The van der Waals surface area contributed by atoms with Gasteiger partial charge in [-0.05, 0) is 31.2 Å². The molecule has 0 unspecified atom stereocenters. The first-order valence-corrected chi connectivity index (χ1v) is 6.19. The van der Waals surface area contributed by atoms with Crippen molar-refractivity contribution in [2.45, 2.75) is 26.7 Å². The van der Waals surface area contributed by atoms with Crippen LogP contribution in [0.5, 0.6) is 0 Å². The van der Waals surface area contributed by atoms with Crippen LogP contribution in [-0.2, 0) is 4.74 Å². The Kier molecular flexibility index (Phi) is 3.78. The highest BCUT2D eigenvalue weighted by Crippen LogP contribution is 2.29. The number of nitriles is 1.